The molecule has 1 amide bonds. The zero-order chi connectivity index (χ0) is 13.4. The zero-order valence-corrected chi connectivity index (χ0v) is 10.6. The Morgan fingerprint density at radius 3 is 2.67 bits per heavy atom. The van der Waals surface area contributed by atoms with E-state index in [-0.39, 0.29) is 30.6 Å². The number of carbonyl (C=O) groups excluding carboxylic acids is 1. The molecule has 0 heterocycles. The number of halogens is 1. The third-order valence-corrected chi connectivity index (χ3v) is 3.16. The molecule has 1 rings (SSSR count). The lowest BCUT2D eigenvalue weighted by molar-refractivity contribution is -0.119. The van der Waals surface area contributed by atoms with E-state index in [0.29, 0.717) is 5.75 Å². The van der Waals surface area contributed by atoms with E-state index < -0.39 is 6.10 Å². The molecule has 1 aromatic rings. The molecule has 100 valence electrons. The van der Waals surface area contributed by atoms with Gasteiger partial charge in [0.2, 0.25) is 5.91 Å². The third kappa shape index (κ3) is 6.00. The molecule has 0 spiro atoms. The maximum Gasteiger partial charge on any atom is 0.230 e. The molecule has 1 atom stereocenters. The first-order valence-corrected chi connectivity index (χ1v) is 6.65. The highest BCUT2D eigenvalue weighted by molar-refractivity contribution is 7.99. The van der Waals surface area contributed by atoms with Gasteiger partial charge in [-0.05, 0) is 17.7 Å². The highest BCUT2D eigenvalue weighted by atomic mass is 32.2. The van der Waals surface area contributed by atoms with Gasteiger partial charge in [-0.15, -0.1) is 11.8 Å². The Hall–Kier alpha value is -1.11. The van der Waals surface area contributed by atoms with Crippen LogP contribution in [0.2, 0.25) is 0 Å². The van der Waals surface area contributed by atoms with E-state index in [2.05, 4.69) is 5.32 Å². The lowest BCUT2D eigenvalue weighted by atomic mass is 10.2. The first kappa shape index (κ1) is 14.9. The number of nitrogens with one attached hydrogen (secondary N) is 1. The number of benzene rings is 1. The Labute approximate surface area is 109 Å². The Morgan fingerprint density at radius 2 is 2.06 bits per heavy atom. The summed E-state index contributed by atoms with van der Waals surface area (Å²) in [6.07, 6.45) is -0.920. The minimum Gasteiger partial charge on any atom is -0.394 e. The fourth-order valence-electron chi connectivity index (χ4n) is 1.19. The number of aliphatic hydroxyl groups excluding tert-OH is 2. The summed E-state index contributed by atoms with van der Waals surface area (Å²) in [5, 5.41) is 20.1. The van der Waals surface area contributed by atoms with Crippen molar-refractivity contribution in [1.82, 2.24) is 5.32 Å². The zero-order valence-electron chi connectivity index (χ0n) is 9.80. The molecule has 0 bridgehead atoms. The molecule has 4 nitrogen and oxygen atoms in total. The molecule has 0 aliphatic rings. The molecule has 0 radical (unpaired) electrons. The maximum atomic E-state index is 12.6. The Morgan fingerprint density at radius 1 is 1.39 bits per heavy atom. The van der Waals surface area contributed by atoms with Crippen LogP contribution in [0.1, 0.15) is 5.56 Å². The standard InChI is InChI=1S/C12H16FNO3S/c13-10-3-1-9(2-4-10)7-18-8-12(17)14-5-11(16)6-15/h1-4,11,15-16H,5-8H2,(H,14,17). The molecule has 0 aromatic heterocycles. The first-order valence-electron chi connectivity index (χ1n) is 5.49. The summed E-state index contributed by atoms with van der Waals surface area (Å²) in [6.45, 7) is -0.324. The van der Waals surface area contributed by atoms with Crippen molar-refractivity contribution in [2.45, 2.75) is 11.9 Å². The predicted molar refractivity (Wildman–Crippen MR) is 68.7 cm³/mol. The van der Waals surface area contributed by atoms with E-state index in [4.69, 9.17) is 10.2 Å². The Kier molecular flexibility index (Phi) is 6.70. The highest BCUT2D eigenvalue weighted by Crippen LogP contribution is 2.12. The van der Waals surface area contributed by atoms with Gasteiger partial charge >= 0.3 is 0 Å². The Balaban J connectivity index is 2.17. The number of hydrogen-bond acceptors (Lipinski definition) is 4. The summed E-state index contributed by atoms with van der Waals surface area (Å²) in [5.41, 5.74) is 0.949. The minimum absolute atomic E-state index is 0.0481. The van der Waals surface area contributed by atoms with Crippen LogP contribution in [0.5, 0.6) is 0 Å². The molecule has 0 saturated carbocycles. The fourth-order valence-corrected chi connectivity index (χ4v) is 2.01. The van der Waals surface area contributed by atoms with E-state index in [1.54, 1.807) is 12.1 Å². The SMILES string of the molecule is O=C(CSCc1ccc(F)cc1)NCC(O)CO. The monoisotopic (exact) mass is 273 g/mol. The molecule has 0 aliphatic carbocycles. The van der Waals surface area contributed by atoms with E-state index in [9.17, 15) is 9.18 Å². The number of rotatable bonds is 7. The van der Waals surface area contributed by atoms with Crippen molar-refractivity contribution < 1.29 is 19.4 Å². The second-order valence-corrected chi connectivity index (χ2v) is 4.75. The first-order chi connectivity index (χ1) is 8.61. The van der Waals surface area contributed by atoms with Gasteiger partial charge < -0.3 is 15.5 Å². The minimum atomic E-state index is -0.920. The van der Waals surface area contributed by atoms with E-state index in [0.717, 1.165) is 5.56 Å². The van der Waals surface area contributed by atoms with Gasteiger partial charge in [-0.2, -0.15) is 0 Å². The quantitative estimate of drug-likeness (QED) is 0.678. The van der Waals surface area contributed by atoms with Gasteiger partial charge in [0, 0.05) is 12.3 Å². The second-order valence-electron chi connectivity index (χ2n) is 3.76. The van der Waals surface area contributed by atoms with Crippen LogP contribution < -0.4 is 5.32 Å². The molecule has 0 fully saturated rings. The van der Waals surface area contributed by atoms with Gasteiger partial charge in [0.05, 0.1) is 18.5 Å². The van der Waals surface area contributed by atoms with Gasteiger partial charge in [0.25, 0.3) is 0 Å². The topological polar surface area (TPSA) is 69.6 Å². The van der Waals surface area contributed by atoms with Gasteiger partial charge in [0.1, 0.15) is 5.82 Å². The van der Waals surface area contributed by atoms with Crippen LogP contribution in [0.3, 0.4) is 0 Å². The third-order valence-electron chi connectivity index (χ3n) is 2.16. The average molecular weight is 273 g/mol. The summed E-state index contributed by atoms with van der Waals surface area (Å²) < 4.78 is 12.6. The highest BCUT2D eigenvalue weighted by Gasteiger charge is 2.05. The van der Waals surface area contributed by atoms with Crippen LogP contribution in [0.15, 0.2) is 24.3 Å². The van der Waals surface area contributed by atoms with Crippen molar-refractivity contribution in [3.63, 3.8) is 0 Å². The van der Waals surface area contributed by atoms with Gasteiger partial charge in [-0.25, -0.2) is 4.39 Å². The molecular weight excluding hydrogens is 257 g/mol. The number of amides is 1. The Bertz CT molecular complexity index is 372. The van der Waals surface area contributed by atoms with Crippen LogP contribution in [-0.2, 0) is 10.5 Å². The normalized spacial score (nSPS) is 12.2. The lowest BCUT2D eigenvalue weighted by Gasteiger charge is -2.08. The van der Waals surface area contributed by atoms with Crippen LogP contribution in [0, 0.1) is 5.82 Å². The van der Waals surface area contributed by atoms with Crippen molar-refractivity contribution in [2.75, 3.05) is 18.9 Å². The van der Waals surface area contributed by atoms with E-state index in [1.807, 2.05) is 0 Å². The van der Waals surface area contributed by atoms with Crippen molar-refractivity contribution in [3.8, 4) is 0 Å². The van der Waals surface area contributed by atoms with Crippen molar-refractivity contribution in [3.05, 3.63) is 35.6 Å². The summed E-state index contributed by atoms with van der Waals surface area (Å²) in [7, 11) is 0. The fraction of sp³-hybridized carbons (Fsp3) is 0.417. The molecular formula is C12H16FNO3S. The summed E-state index contributed by atoms with van der Waals surface area (Å²) in [6, 6.07) is 6.12. The largest absolute Gasteiger partial charge is 0.394 e. The molecule has 3 N–H and O–H groups in total. The number of thioether (sulfide) groups is 1. The molecule has 6 heteroatoms. The smallest absolute Gasteiger partial charge is 0.230 e. The molecule has 0 aliphatic heterocycles. The number of aliphatic hydroxyl groups is 2. The van der Waals surface area contributed by atoms with Crippen molar-refractivity contribution >= 4 is 17.7 Å². The summed E-state index contributed by atoms with van der Waals surface area (Å²) in [4.78, 5) is 11.3. The molecule has 1 aromatic carbocycles. The van der Waals surface area contributed by atoms with Crippen LogP contribution in [0.25, 0.3) is 0 Å². The van der Waals surface area contributed by atoms with Crippen LogP contribution in [-0.4, -0.2) is 41.1 Å². The maximum absolute atomic E-state index is 12.6. The lowest BCUT2D eigenvalue weighted by Crippen LogP contribution is -2.34. The van der Waals surface area contributed by atoms with E-state index in [1.165, 1.54) is 23.9 Å². The van der Waals surface area contributed by atoms with Crippen LogP contribution >= 0.6 is 11.8 Å². The summed E-state index contributed by atoms with van der Waals surface area (Å²) >= 11 is 1.40. The predicted octanol–water partition coefficient (Wildman–Crippen LogP) is 0.528. The number of hydrogen-bond donors (Lipinski definition) is 3. The molecule has 0 saturated heterocycles. The second kappa shape index (κ2) is 8.07. The van der Waals surface area contributed by atoms with Crippen molar-refractivity contribution in [1.29, 1.82) is 0 Å². The van der Waals surface area contributed by atoms with Crippen LogP contribution in [0.4, 0.5) is 4.39 Å². The average Bonchev–Trinajstić information content (AvgIpc) is 2.38. The van der Waals surface area contributed by atoms with E-state index >= 15 is 0 Å². The summed E-state index contributed by atoms with van der Waals surface area (Å²) in [5.74, 6) is 0.403. The van der Waals surface area contributed by atoms with Gasteiger partial charge in [-0.3, -0.25) is 4.79 Å². The molecule has 18 heavy (non-hydrogen) atoms. The van der Waals surface area contributed by atoms with Gasteiger partial charge in [-0.1, -0.05) is 12.1 Å². The van der Waals surface area contributed by atoms with Crippen molar-refractivity contribution in [2.24, 2.45) is 0 Å². The molecule has 1 unspecified atom stereocenters. The van der Waals surface area contributed by atoms with Gasteiger partial charge in [0.15, 0.2) is 0 Å². The number of carbonyl (C=O) groups is 1.